The zero-order valence-electron chi connectivity index (χ0n) is 24.4. The Balaban J connectivity index is 1.44. The van der Waals surface area contributed by atoms with Gasteiger partial charge in [-0.2, -0.15) is 0 Å². The lowest BCUT2D eigenvalue weighted by molar-refractivity contribution is -0.158. The van der Waals surface area contributed by atoms with E-state index >= 15 is 0 Å². The Labute approximate surface area is 240 Å². The molecule has 222 valence electrons. The molecule has 9 heteroatoms. The molecule has 6 atom stereocenters. The number of ether oxygens (including phenoxy) is 1. The van der Waals surface area contributed by atoms with E-state index in [0.717, 1.165) is 6.42 Å². The number of aliphatic hydroxyl groups is 1. The van der Waals surface area contributed by atoms with Gasteiger partial charge in [-0.25, -0.2) is 13.6 Å². The number of benzene rings is 1. The van der Waals surface area contributed by atoms with E-state index in [1.165, 1.54) is 7.11 Å². The Kier molecular flexibility index (Phi) is 7.06. The molecule has 6 nitrogen and oxygen atoms in total. The summed E-state index contributed by atoms with van der Waals surface area (Å²) in [5.41, 5.74) is -1.33. The largest absolute Gasteiger partial charge is 0.469 e. The van der Waals surface area contributed by atoms with Gasteiger partial charge in [-0.1, -0.05) is 58.4 Å². The molecule has 6 rings (SSSR count). The number of aliphatic hydroxyl groups excluding tert-OH is 1. The fourth-order valence-corrected chi connectivity index (χ4v) is 8.97. The van der Waals surface area contributed by atoms with Crippen LogP contribution in [-0.2, 0) is 15.1 Å². The summed E-state index contributed by atoms with van der Waals surface area (Å²) in [5.74, 6) is -4.67. The third kappa shape index (κ3) is 4.43. The predicted molar refractivity (Wildman–Crippen MR) is 149 cm³/mol. The summed E-state index contributed by atoms with van der Waals surface area (Å²) in [5, 5.41) is 17.3. The maximum Gasteiger partial charge on any atom is 0.315 e. The van der Waals surface area contributed by atoms with Gasteiger partial charge in [0.1, 0.15) is 0 Å². The third-order valence-electron chi connectivity index (χ3n) is 11.0. The minimum atomic E-state index is -2.83. The molecular formula is C31H43ClF2N2O4. The number of nitrogens with one attached hydrogen (secondary N) is 2. The second kappa shape index (κ2) is 9.55. The smallest absolute Gasteiger partial charge is 0.315 e. The Morgan fingerprint density at radius 3 is 2.35 bits per heavy atom. The van der Waals surface area contributed by atoms with Crippen molar-refractivity contribution in [3.8, 4) is 0 Å². The van der Waals surface area contributed by atoms with Crippen LogP contribution in [0.25, 0.3) is 0 Å². The van der Waals surface area contributed by atoms with Crippen molar-refractivity contribution in [2.45, 2.75) is 96.1 Å². The van der Waals surface area contributed by atoms with Gasteiger partial charge < -0.3 is 20.5 Å². The molecule has 0 spiro atoms. The number of methoxy groups -OCH3 is 1. The SMILES string of the molecule is COC(=O)C12CCC(NC(=O)NC3(c4ccc(C5C(C(C)(C)C)C5(F)F)c(Cl)c4)CC[C@H](C)[C@@H](C)C3CO)(C1)C2. The van der Waals surface area contributed by atoms with E-state index in [4.69, 9.17) is 16.3 Å². The number of rotatable bonds is 6. The van der Waals surface area contributed by atoms with Crippen LogP contribution in [0.4, 0.5) is 13.6 Å². The van der Waals surface area contributed by atoms with Crippen LogP contribution in [0.5, 0.6) is 0 Å². The summed E-state index contributed by atoms with van der Waals surface area (Å²) in [6.07, 6.45) is 3.88. The highest BCUT2D eigenvalue weighted by Gasteiger charge is 2.72. The quantitative estimate of drug-likeness (QED) is 0.340. The normalized spacial score (nSPS) is 39.7. The summed E-state index contributed by atoms with van der Waals surface area (Å²) in [6.45, 7) is 9.55. The van der Waals surface area contributed by atoms with Crippen molar-refractivity contribution < 1.29 is 28.2 Å². The molecule has 5 fully saturated rings. The Bertz CT molecular complexity index is 1190. The number of urea groups is 1. The van der Waals surface area contributed by atoms with Crippen molar-refractivity contribution >= 4 is 23.6 Å². The number of amides is 2. The molecule has 40 heavy (non-hydrogen) atoms. The third-order valence-corrected chi connectivity index (χ3v) is 11.3. The predicted octanol–water partition coefficient (Wildman–Crippen LogP) is 6.39. The first-order valence-electron chi connectivity index (χ1n) is 14.5. The minimum absolute atomic E-state index is 0.0934. The van der Waals surface area contributed by atoms with Crippen LogP contribution in [0.15, 0.2) is 18.2 Å². The molecule has 5 saturated carbocycles. The van der Waals surface area contributed by atoms with Gasteiger partial charge in [0.05, 0.1) is 24.0 Å². The molecule has 2 bridgehead atoms. The Morgan fingerprint density at radius 2 is 1.80 bits per heavy atom. The average molecular weight is 581 g/mol. The fraction of sp³-hybridized carbons (Fsp3) is 0.742. The van der Waals surface area contributed by atoms with Crippen LogP contribution in [0, 0.1) is 34.5 Å². The van der Waals surface area contributed by atoms with E-state index in [0.29, 0.717) is 49.1 Å². The summed E-state index contributed by atoms with van der Waals surface area (Å²) in [6, 6.07) is 4.85. The van der Waals surface area contributed by atoms with Gasteiger partial charge >= 0.3 is 12.0 Å². The van der Waals surface area contributed by atoms with Crippen LogP contribution in [0.2, 0.25) is 5.02 Å². The van der Waals surface area contributed by atoms with Crippen molar-refractivity contribution in [2.75, 3.05) is 13.7 Å². The first kappa shape index (κ1) is 29.6. The van der Waals surface area contributed by atoms with Gasteiger partial charge in [0.2, 0.25) is 0 Å². The summed E-state index contributed by atoms with van der Waals surface area (Å²) in [7, 11) is 1.39. The number of carbonyl (C=O) groups is 2. The van der Waals surface area contributed by atoms with Crippen LogP contribution in [0.1, 0.15) is 90.2 Å². The molecule has 4 unspecified atom stereocenters. The van der Waals surface area contributed by atoms with E-state index in [-0.39, 0.29) is 35.5 Å². The van der Waals surface area contributed by atoms with Gasteiger partial charge in [-0.15, -0.1) is 0 Å². The standard InChI is InChI=1S/C31H43ClF2N2O4/c1-17-9-10-30(21(14-37)18(17)2,36-26(39)35-29-12-11-28(15-29,16-29)25(38)40-6)19-7-8-20(22(32)13-19)23-24(27(3,4)5)31(23,33)34/h7-8,13,17-18,21,23-24,37H,9-12,14-16H2,1-6H3,(H2,35,36,39)/t17-,18+,21?,23?,24?,28?,29?,30?/m0/s1. The second-order valence-corrected chi connectivity index (χ2v) is 14.8. The highest BCUT2D eigenvalue weighted by atomic mass is 35.5. The number of esters is 1. The van der Waals surface area contributed by atoms with Gasteiger partial charge in [0.15, 0.2) is 0 Å². The molecule has 0 heterocycles. The molecule has 0 radical (unpaired) electrons. The van der Waals surface area contributed by atoms with Crippen molar-refractivity contribution in [2.24, 2.45) is 34.5 Å². The van der Waals surface area contributed by atoms with Crippen molar-refractivity contribution in [1.82, 2.24) is 10.6 Å². The van der Waals surface area contributed by atoms with Crippen LogP contribution in [0.3, 0.4) is 0 Å². The lowest BCUT2D eigenvalue weighted by atomic mass is 9.61. The number of carbonyl (C=O) groups excluding carboxylic acids is 2. The first-order chi connectivity index (χ1) is 18.6. The fourth-order valence-electron chi connectivity index (χ4n) is 8.67. The molecule has 5 aliphatic rings. The van der Waals surface area contributed by atoms with Crippen LogP contribution >= 0.6 is 11.6 Å². The summed E-state index contributed by atoms with van der Waals surface area (Å²) < 4.78 is 34.8. The maximum absolute atomic E-state index is 14.9. The number of alkyl halides is 2. The molecular weight excluding hydrogens is 538 g/mol. The van der Waals surface area contributed by atoms with Gasteiger partial charge in [0.25, 0.3) is 5.92 Å². The van der Waals surface area contributed by atoms with E-state index in [9.17, 15) is 23.5 Å². The molecule has 3 N–H and O–H groups in total. The van der Waals surface area contributed by atoms with Crippen molar-refractivity contribution in [1.29, 1.82) is 0 Å². The summed E-state index contributed by atoms with van der Waals surface area (Å²) >= 11 is 6.74. The highest BCUT2D eigenvalue weighted by molar-refractivity contribution is 6.31. The number of fused-ring (bicyclic) bond motifs is 1. The van der Waals surface area contributed by atoms with Gasteiger partial charge in [-0.05, 0) is 73.0 Å². The molecule has 1 aromatic carbocycles. The zero-order chi connectivity index (χ0) is 29.5. The highest BCUT2D eigenvalue weighted by Crippen LogP contribution is 2.69. The van der Waals surface area contributed by atoms with Crippen LogP contribution < -0.4 is 10.6 Å². The van der Waals surface area contributed by atoms with Crippen molar-refractivity contribution in [3.63, 3.8) is 0 Å². The van der Waals surface area contributed by atoms with E-state index in [2.05, 4.69) is 24.5 Å². The lowest BCUT2D eigenvalue weighted by Gasteiger charge is -2.51. The number of halogens is 3. The average Bonchev–Trinajstić information content (AvgIpc) is 3.11. The molecule has 0 aromatic heterocycles. The van der Waals surface area contributed by atoms with E-state index < -0.39 is 39.7 Å². The molecule has 1 aromatic rings. The van der Waals surface area contributed by atoms with Gasteiger partial charge in [0, 0.05) is 29.0 Å². The Hall–Kier alpha value is -1.93. The maximum atomic E-state index is 14.9. The second-order valence-electron chi connectivity index (χ2n) is 14.4. The molecule has 0 aliphatic heterocycles. The molecule has 5 aliphatic carbocycles. The van der Waals surface area contributed by atoms with E-state index in [1.807, 2.05) is 20.8 Å². The topological polar surface area (TPSA) is 87.7 Å². The van der Waals surface area contributed by atoms with Crippen molar-refractivity contribution in [3.05, 3.63) is 34.3 Å². The van der Waals surface area contributed by atoms with E-state index in [1.54, 1.807) is 18.2 Å². The lowest BCUT2D eigenvalue weighted by Crippen LogP contribution is -2.64. The monoisotopic (exact) mass is 580 g/mol. The molecule has 0 saturated heterocycles. The number of hydrogen-bond acceptors (Lipinski definition) is 4. The van der Waals surface area contributed by atoms with Gasteiger partial charge in [-0.3, -0.25) is 4.79 Å². The number of hydrogen-bond donors (Lipinski definition) is 3. The van der Waals surface area contributed by atoms with Crippen LogP contribution in [-0.4, -0.2) is 42.3 Å². The Morgan fingerprint density at radius 1 is 1.12 bits per heavy atom. The summed E-state index contributed by atoms with van der Waals surface area (Å²) in [4.78, 5) is 25.9. The molecule has 2 amide bonds. The zero-order valence-corrected chi connectivity index (χ0v) is 25.1. The minimum Gasteiger partial charge on any atom is -0.469 e. The first-order valence-corrected chi connectivity index (χ1v) is 14.9.